The van der Waals surface area contributed by atoms with Gasteiger partial charge in [-0.25, -0.2) is 14.4 Å². The maximum Gasteiger partial charge on any atom is 0.243 e. The van der Waals surface area contributed by atoms with E-state index >= 15 is 0 Å². The number of aliphatic hydroxyl groups is 2. The molecule has 0 radical (unpaired) electrons. The number of hydrogen-bond donors (Lipinski definition) is 2. The molecule has 1 aliphatic rings. The molecule has 0 spiro atoms. The Morgan fingerprint density at radius 3 is 3.00 bits per heavy atom. The summed E-state index contributed by atoms with van der Waals surface area (Å²) in [6.45, 7) is -0.556. The van der Waals surface area contributed by atoms with Crippen LogP contribution in [0.4, 0.5) is 4.39 Å². The Morgan fingerprint density at radius 2 is 2.33 bits per heavy atom. The van der Waals surface area contributed by atoms with Gasteiger partial charge in [0, 0.05) is 6.20 Å². The van der Waals surface area contributed by atoms with Crippen LogP contribution in [0.3, 0.4) is 0 Å². The molecule has 0 amide bonds. The number of halogens is 2. The van der Waals surface area contributed by atoms with Gasteiger partial charge < -0.3 is 19.5 Å². The minimum absolute atomic E-state index is 0.209. The number of hydrogen-bond acceptors (Lipinski definition) is 5. The minimum Gasteiger partial charge on any atom is -0.394 e. The third kappa shape index (κ3) is 1.92. The van der Waals surface area contributed by atoms with Crippen LogP contribution in [0.5, 0.6) is 0 Å². The highest BCUT2D eigenvalue weighted by Gasteiger charge is 2.57. The van der Waals surface area contributed by atoms with Gasteiger partial charge in [0.05, 0.1) is 12.0 Å². The smallest absolute Gasteiger partial charge is 0.243 e. The van der Waals surface area contributed by atoms with E-state index in [1.165, 1.54) is 17.1 Å². The fraction of sp³-hybridized carbons (Fsp3) is 0.385. The quantitative estimate of drug-likeness (QED) is 0.629. The monoisotopic (exact) mass is 311 g/mol. The second kappa shape index (κ2) is 4.93. The second-order valence-corrected chi connectivity index (χ2v) is 5.05. The number of nitrogens with zero attached hydrogens (tertiary/aromatic N) is 3. The number of aromatic nitrogens is 3. The van der Waals surface area contributed by atoms with Crippen molar-refractivity contribution in [1.29, 1.82) is 0 Å². The van der Waals surface area contributed by atoms with E-state index in [-0.39, 0.29) is 5.15 Å². The van der Waals surface area contributed by atoms with Gasteiger partial charge in [-0.3, -0.25) is 0 Å². The van der Waals surface area contributed by atoms with Gasteiger partial charge >= 0.3 is 0 Å². The van der Waals surface area contributed by atoms with Gasteiger partial charge in [-0.2, -0.15) is 0 Å². The first-order valence-electron chi connectivity index (χ1n) is 6.11. The lowest BCUT2D eigenvalue weighted by Gasteiger charge is -2.24. The van der Waals surface area contributed by atoms with Gasteiger partial charge in [-0.05, 0) is 6.07 Å². The predicted molar refractivity (Wildman–Crippen MR) is 72.2 cm³/mol. The van der Waals surface area contributed by atoms with Crippen molar-refractivity contribution in [2.45, 2.75) is 24.1 Å². The average molecular weight is 312 g/mol. The molecule has 2 aromatic heterocycles. The molecule has 110 valence electrons. The lowest BCUT2D eigenvalue weighted by molar-refractivity contribution is -0.0501. The normalized spacial score (nSPS) is 32.4. The number of rotatable bonds is 2. The number of fused-ring (bicyclic) bond motifs is 1. The first-order chi connectivity index (χ1) is 10.0. The standard InChI is InChI=1S/C13H11ClFN3O3/c1-2-13(15)9(20)8(5-19)21-12(13)18-4-3-7-10(14)16-6-17-11(7)18/h1,3-4,6,8-9,12,19-20H,5H2/t8-,9-,12+,13-/m1/s1. The first-order valence-corrected chi connectivity index (χ1v) is 6.48. The van der Waals surface area contributed by atoms with Crippen LogP contribution in [0.1, 0.15) is 6.23 Å². The molecular weight excluding hydrogens is 301 g/mol. The summed E-state index contributed by atoms with van der Waals surface area (Å²) in [5.74, 6) is 1.92. The molecule has 4 atom stereocenters. The maximum absolute atomic E-state index is 14.9. The molecule has 2 aromatic rings. The Hall–Kier alpha value is -1.72. The molecule has 6 nitrogen and oxygen atoms in total. The number of ether oxygens (including phenoxy) is 1. The van der Waals surface area contributed by atoms with Crippen molar-refractivity contribution in [1.82, 2.24) is 14.5 Å². The SMILES string of the molecule is C#C[C@@]1(F)[C@H](O)[C@@H](CO)O[C@@H]1n1ccc2c(Cl)ncnc21. The highest BCUT2D eigenvalue weighted by molar-refractivity contribution is 6.33. The van der Waals surface area contributed by atoms with E-state index < -0.39 is 30.7 Å². The highest BCUT2D eigenvalue weighted by Crippen LogP contribution is 2.42. The molecule has 2 N–H and O–H groups in total. The topological polar surface area (TPSA) is 80.4 Å². The number of aliphatic hydroxyl groups excluding tert-OH is 2. The van der Waals surface area contributed by atoms with Crippen LogP contribution in [-0.2, 0) is 4.74 Å². The Bertz CT molecular complexity index is 731. The summed E-state index contributed by atoms with van der Waals surface area (Å²) < 4.78 is 21.6. The zero-order valence-corrected chi connectivity index (χ0v) is 11.4. The Kier molecular flexibility index (Phi) is 3.34. The fourth-order valence-corrected chi connectivity index (χ4v) is 2.64. The van der Waals surface area contributed by atoms with Gasteiger partial charge in [0.25, 0.3) is 0 Å². The molecule has 0 aromatic carbocycles. The van der Waals surface area contributed by atoms with Gasteiger partial charge in [-0.15, -0.1) is 6.42 Å². The van der Waals surface area contributed by atoms with E-state index in [1.54, 1.807) is 6.07 Å². The molecule has 3 rings (SSSR count). The van der Waals surface area contributed by atoms with Crippen molar-refractivity contribution in [3.05, 3.63) is 23.7 Å². The van der Waals surface area contributed by atoms with Gasteiger partial charge in [-0.1, -0.05) is 17.5 Å². The van der Waals surface area contributed by atoms with Crippen LogP contribution < -0.4 is 0 Å². The summed E-state index contributed by atoms with van der Waals surface area (Å²) >= 11 is 5.94. The van der Waals surface area contributed by atoms with Crippen molar-refractivity contribution in [2.75, 3.05) is 6.61 Å². The molecule has 1 fully saturated rings. The molecule has 21 heavy (non-hydrogen) atoms. The summed E-state index contributed by atoms with van der Waals surface area (Å²) in [7, 11) is 0. The Balaban J connectivity index is 2.14. The molecule has 0 aliphatic carbocycles. The molecule has 3 heterocycles. The van der Waals surface area contributed by atoms with Crippen molar-refractivity contribution >= 4 is 22.6 Å². The van der Waals surface area contributed by atoms with Crippen LogP contribution in [0.15, 0.2) is 18.6 Å². The van der Waals surface area contributed by atoms with Gasteiger partial charge in [0.2, 0.25) is 5.67 Å². The maximum atomic E-state index is 14.9. The Labute approximate surface area is 124 Å². The van der Waals surface area contributed by atoms with E-state index in [0.29, 0.717) is 11.0 Å². The largest absolute Gasteiger partial charge is 0.394 e. The summed E-state index contributed by atoms with van der Waals surface area (Å²) in [4.78, 5) is 7.86. The van der Waals surface area contributed by atoms with E-state index in [4.69, 9.17) is 27.9 Å². The first kappa shape index (κ1) is 14.2. The van der Waals surface area contributed by atoms with Crippen LogP contribution in [0.25, 0.3) is 11.0 Å². The summed E-state index contributed by atoms with van der Waals surface area (Å²) in [5.41, 5.74) is -2.17. The fourth-order valence-electron chi connectivity index (χ4n) is 2.45. The minimum atomic E-state index is -2.49. The number of terminal acetylenes is 1. The lowest BCUT2D eigenvalue weighted by Crippen LogP contribution is -2.42. The zero-order chi connectivity index (χ0) is 15.2. The van der Waals surface area contributed by atoms with Gasteiger partial charge in [0.15, 0.2) is 6.23 Å². The van der Waals surface area contributed by atoms with Crippen LogP contribution in [-0.4, -0.2) is 49.2 Å². The van der Waals surface area contributed by atoms with Crippen LogP contribution >= 0.6 is 11.6 Å². The predicted octanol–water partition coefficient (Wildman–Crippen LogP) is 0.677. The van der Waals surface area contributed by atoms with Crippen LogP contribution in [0.2, 0.25) is 5.15 Å². The van der Waals surface area contributed by atoms with Crippen molar-refractivity contribution in [3.63, 3.8) is 0 Å². The van der Waals surface area contributed by atoms with E-state index in [1.807, 2.05) is 5.92 Å². The molecule has 0 saturated carbocycles. The second-order valence-electron chi connectivity index (χ2n) is 4.69. The van der Waals surface area contributed by atoms with Crippen LogP contribution in [0, 0.1) is 12.3 Å². The number of alkyl halides is 1. The molecule has 1 saturated heterocycles. The molecule has 0 unspecified atom stereocenters. The molecule has 0 bridgehead atoms. The van der Waals surface area contributed by atoms with Crippen molar-refractivity contribution in [3.8, 4) is 12.3 Å². The zero-order valence-electron chi connectivity index (χ0n) is 10.6. The Morgan fingerprint density at radius 1 is 1.57 bits per heavy atom. The molecule has 1 aliphatic heterocycles. The summed E-state index contributed by atoms with van der Waals surface area (Å²) in [6.07, 6.45) is 3.86. The third-order valence-electron chi connectivity index (χ3n) is 3.56. The van der Waals surface area contributed by atoms with E-state index in [0.717, 1.165) is 0 Å². The highest BCUT2D eigenvalue weighted by atomic mass is 35.5. The van der Waals surface area contributed by atoms with Gasteiger partial charge in [0.1, 0.15) is 29.3 Å². The van der Waals surface area contributed by atoms with E-state index in [9.17, 15) is 9.50 Å². The van der Waals surface area contributed by atoms with Crippen molar-refractivity contribution in [2.24, 2.45) is 0 Å². The van der Waals surface area contributed by atoms with Crippen molar-refractivity contribution < 1.29 is 19.3 Å². The molecule has 8 heteroatoms. The lowest BCUT2D eigenvalue weighted by atomic mass is 9.97. The molecular formula is C13H11ClFN3O3. The summed E-state index contributed by atoms with van der Waals surface area (Å²) in [5, 5.41) is 19.8. The summed E-state index contributed by atoms with van der Waals surface area (Å²) in [6, 6.07) is 1.59. The van der Waals surface area contributed by atoms with E-state index in [2.05, 4.69) is 9.97 Å². The third-order valence-corrected chi connectivity index (χ3v) is 3.86. The average Bonchev–Trinajstić information content (AvgIpc) is 3.01.